The number of β-amino-alcohol motifs (C(OH)–C–C–N with tert-alkyl or cyclic N) is 1. The van der Waals surface area contributed by atoms with E-state index in [1.165, 1.54) is 5.56 Å². The second kappa shape index (κ2) is 6.18. The molecule has 0 bridgehead atoms. The summed E-state index contributed by atoms with van der Waals surface area (Å²) in [6.45, 7) is 8.27. The van der Waals surface area contributed by atoms with E-state index in [0.717, 1.165) is 50.5 Å². The minimum atomic E-state index is 0.258. The van der Waals surface area contributed by atoms with Crippen LogP contribution >= 0.6 is 0 Å². The van der Waals surface area contributed by atoms with E-state index in [9.17, 15) is 0 Å². The Labute approximate surface area is 109 Å². The quantitative estimate of drug-likeness (QED) is 0.771. The van der Waals surface area contributed by atoms with Crippen molar-refractivity contribution in [1.29, 1.82) is 0 Å². The molecule has 0 aromatic heterocycles. The number of hydrogen-bond acceptors (Lipinski definition) is 4. The van der Waals surface area contributed by atoms with E-state index in [-0.39, 0.29) is 6.61 Å². The molecule has 1 saturated heterocycles. The highest BCUT2D eigenvalue weighted by Gasteiger charge is 2.16. The largest absolute Gasteiger partial charge is 0.399 e. The third-order valence-electron chi connectivity index (χ3n) is 3.63. The normalized spacial score (nSPS) is 18.1. The monoisotopic (exact) mass is 249 g/mol. The van der Waals surface area contributed by atoms with Crippen LogP contribution in [0.4, 0.5) is 5.69 Å². The molecule has 0 amide bonds. The lowest BCUT2D eigenvalue weighted by molar-refractivity contribution is 0.108. The number of benzene rings is 1. The standard InChI is InChI=1S/C14H23N3O/c1-12-2-3-13(10-14(12)15)11-17-6-4-16(5-7-17)8-9-18/h2-3,10,18H,4-9,11,15H2,1H3. The van der Waals surface area contributed by atoms with Gasteiger partial charge in [-0.1, -0.05) is 12.1 Å². The van der Waals surface area contributed by atoms with Crippen LogP contribution in [-0.4, -0.2) is 54.2 Å². The van der Waals surface area contributed by atoms with Gasteiger partial charge in [-0.25, -0.2) is 0 Å². The summed E-state index contributed by atoms with van der Waals surface area (Å²) in [6, 6.07) is 6.33. The van der Waals surface area contributed by atoms with Crippen molar-refractivity contribution in [3.8, 4) is 0 Å². The number of piperazine rings is 1. The smallest absolute Gasteiger partial charge is 0.0558 e. The molecule has 4 nitrogen and oxygen atoms in total. The first kappa shape index (κ1) is 13.3. The maximum absolute atomic E-state index is 8.91. The zero-order valence-corrected chi connectivity index (χ0v) is 11.1. The highest BCUT2D eigenvalue weighted by Crippen LogP contribution is 2.15. The van der Waals surface area contributed by atoms with Crippen molar-refractivity contribution in [3.05, 3.63) is 29.3 Å². The molecule has 100 valence electrons. The molecule has 0 atom stereocenters. The molecule has 1 aliphatic rings. The molecular formula is C14H23N3O. The van der Waals surface area contributed by atoms with Crippen LogP contribution in [0.2, 0.25) is 0 Å². The van der Waals surface area contributed by atoms with Crippen molar-refractivity contribution in [1.82, 2.24) is 9.80 Å². The summed E-state index contributed by atoms with van der Waals surface area (Å²) in [7, 11) is 0. The van der Waals surface area contributed by atoms with Gasteiger partial charge >= 0.3 is 0 Å². The van der Waals surface area contributed by atoms with Crippen LogP contribution in [-0.2, 0) is 6.54 Å². The Morgan fingerprint density at radius 3 is 2.44 bits per heavy atom. The van der Waals surface area contributed by atoms with Gasteiger partial charge in [0.2, 0.25) is 0 Å². The van der Waals surface area contributed by atoms with E-state index in [2.05, 4.69) is 28.0 Å². The van der Waals surface area contributed by atoms with Crippen molar-refractivity contribution >= 4 is 5.69 Å². The molecule has 0 radical (unpaired) electrons. The van der Waals surface area contributed by atoms with Crippen LogP contribution < -0.4 is 5.73 Å². The Morgan fingerprint density at radius 2 is 1.83 bits per heavy atom. The van der Waals surface area contributed by atoms with Gasteiger partial charge < -0.3 is 10.8 Å². The number of nitrogen functional groups attached to an aromatic ring is 1. The van der Waals surface area contributed by atoms with Gasteiger partial charge in [0.1, 0.15) is 0 Å². The van der Waals surface area contributed by atoms with Crippen LogP contribution in [0.15, 0.2) is 18.2 Å². The van der Waals surface area contributed by atoms with Crippen LogP contribution in [0.25, 0.3) is 0 Å². The number of rotatable bonds is 4. The van der Waals surface area contributed by atoms with Crippen molar-refractivity contribution in [3.63, 3.8) is 0 Å². The Morgan fingerprint density at radius 1 is 1.17 bits per heavy atom. The molecule has 0 aliphatic carbocycles. The van der Waals surface area contributed by atoms with Gasteiger partial charge in [0.05, 0.1) is 6.61 Å². The number of nitrogens with two attached hydrogens (primary N) is 1. The van der Waals surface area contributed by atoms with E-state index >= 15 is 0 Å². The Balaban J connectivity index is 1.85. The number of nitrogens with zero attached hydrogens (tertiary/aromatic N) is 2. The average molecular weight is 249 g/mol. The van der Waals surface area contributed by atoms with E-state index in [0.29, 0.717) is 0 Å². The Bertz CT molecular complexity index is 387. The summed E-state index contributed by atoms with van der Waals surface area (Å²) in [5.74, 6) is 0. The molecule has 1 aromatic rings. The van der Waals surface area contributed by atoms with Gasteiger partial charge in [0.15, 0.2) is 0 Å². The van der Waals surface area contributed by atoms with Crippen LogP contribution in [0, 0.1) is 6.92 Å². The SMILES string of the molecule is Cc1ccc(CN2CCN(CCO)CC2)cc1N. The fraction of sp³-hybridized carbons (Fsp3) is 0.571. The first-order valence-corrected chi connectivity index (χ1v) is 6.59. The number of aliphatic hydroxyl groups is 1. The summed E-state index contributed by atoms with van der Waals surface area (Å²) >= 11 is 0. The number of aliphatic hydroxyl groups excluding tert-OH is 1. The third kappa shape index (κ3) is 3.45. The zero-order valence-electron chi connectivity index (χ0n) is 11.1. The molecule has 1 aliphatic heterocycles. The lowest BCUT2D eigenvalue weighted by Gasteiger charge is -2.34. The number of anilines is 1. The minimum absolute atomic E-state index is 0.258. The predicted molar refractivity (Wildman–Crippen MR) is 74.4 cm³/mol. The lowest BCUT2D eigenvalue weighted by atomic mass is 10.1. The predicted octanol–water partition coefficient (Wildman–Crippen LogP) is 0.687. The molecule has 0 unspecified atom stereocenters. The van der Waals surface area contributed by atoms with Gasteiger partial charge in [0.25, 0.3) is 0 Å². The Kier molecular flexibility index (Phi) is 4.58. The summed E-state index contributed by atoms with van der Waals surface area (Å²) in [6.07, 6.45) is 0. The van der Waals surface area contributed by atoms with E-state index in [1.807, 2.05) is 6.92 Å². The molecule has 1 aromatic carbocycles. The fourth-order valence-electron chi connectivity index (χ4n) is 2.36. The van der Waals surface area contributed by atoms with Gasteiger partial charge in [0, 0.05) is 45.0 Å². The maximum Gasteiger partial charge on any atom is 0.0558 e. The molecule has 0 spiro atoms. The number of aryl methyl sites for hydroxylation is 1. The average Bonchev–Trinajstić information content (AvgIpc) is 2.37. The summed E-state index contributed by atoms with van der Waals surface area (Å²) in [5.41, 5.74) is 9.24. The Hall–Kier alpha value is -1.10. The highest BCUT2D eigenvalue weighted by molar-refractivity contribution is 5.48. The topological polar surface area (TPSA) is 52.7 Å². The summed E-state index contributed by atoms with van der Waals surface area (Å²) in [4.78, 5) is 4.75. The van der Waals surface area contributed by atoms with Crippen LogP contribution in [0.5, 0.6) is 0 Å². The fourth-order valence-corrected chi connectivity index (χ4v) is 2.36. The van der Waals surface area contributed by atoms with Crippen LogP contribution in [0.3, 0.4) is 0 Å². The molecule has 1 fully saturated rings. The second-order valence-corrected chi connectivity index (χ2v) is 5.03. The second-order valence-electron chi connectivity index (χ2n) is 5.03. The van der Waals surface area contributed by atoms with Crippen molar-refractivity contribution in [2.24, 2.45) is 0 Å². The third-order valence-corrected chi connectivity index (χ3v) is 3.63. The summed E-state index contributed by atoms with van der Waals surface area (Å²) < 4.78 is 0. The van der Waals surface area contributed by atoms with Gasteiger partial charge in [-0.05, 0) is 24.1 Å². The molecule has 1 heterocycles. The van der Waals surface area contributed by atoms with Gasteiger partial charge in [-0.15, -0.1) is 0 Å². The summed E-state index contributed by atoms with van der Waals surface area (Å²) in [5, 5.41) is 8.91. The lowest BCUT2D eigenvalue weighted by Crippen LogP contribution is -2.46. The first-order chi connectivity index (χ1) is 8.69. The molecule has 2 rings (SSSR count). The highest BCUT2D eigenvalue weighted by atomic mass is 16.3. The molecule has 0 saturated carbocycles. The van der Waals surface area contributed by atoms with E-state index < -0.39 is 0 Å². The minimum Gasteiger partial charge on any atom is -0.399 e. The van der Waals surface area contributed by atoms with Crippen molar-refractivity contribution in [2.75, 3.05) is 45.1 Å². The van der Waals surface area contributed by atoms with Crippen molar-refractivity contribution < 1.29 is 5.11 Å². The van der Waals surface area contributed by atoms with E-state index in [4.69, 9.17) is 10.8 Å². The van der Waals surface area contributed by atoms with Crippen molar-refractivity contribution in [2.45, 2.75) is 13.5 Å². The molecule has 4 heteroatoms. The van der Waals surface area contributed by atoms with Crippen LogP contribution in [0.1, 0.15) is 11.1 Å². The molecule has 3 N–H and O–H groups in total. The first-order valence-electron chi connectivity index (χ1n) is 6.59. The van der Waals surface area contributed by atoms with Gasteiger partial charge in [-0.3, -0.25) is 9.80 Å². The van der Waals surface area contributed by atoms with E-state index in [1.54, 1.807) is 0 Å². The number of hydrogen-bond donors (Lipinski definition) is 2. The van der Waals surface area contributed by atoms with Gasteiger partial charge in [-0.2, -0.15) is 0 Å². The maximum atomic E-state index is 8.91. The molecular weight excluding hydrogens is 226 g/mol. The molecule has 18 heavy (non-hydrogen) atoms. The zero-order chi connectivity index (χ0) is 13.0.